The maximum atomic E-state index is 4.69. The highest BCUT2D eigenvalue weighted by Crippen LogP contribution is 2.30. The topological polar surface area (TPSA) is 33.1 Å². The molecule has 4 heteroatoms. The largest absolute Gasteiger partial charge is 0.339 e. The van der Waals surface area contributed by atoms with Gasteiger partial charge in [-0.25, -0.2) is 0 Å². The first kappa shape index (κ1) is 16.9. The maximum Gasteiger partial charge on any atom is 0.0784 e. The number of aromatic nitrogens is 2. The summed E-state index contributed by atoms with van der Waals surface area (Å²) in [6.45, 7) is 6.12. The van der Waals surface area contributed by atoms with Gasteiger partial charge in [-0.1, -0.05) is 31.5 Å². The normalized spacial score (nSPS) is 11.8. The van der Waals surface area contributed by atoms with Crippen LogP contribution in [-0.4, -0.2) is 41.6 Å². The molecule has 0 fully saturated rings. The predicted molar refractivity (Wildman–Crippen MR) is 102 cm³/mol. The summed E-state index contributed by atoms with van der Waals surface area (Å²) in [7, 11) is 4.20. The van der Waals surface area contributed by atoms with Crippen molar-refractivity contribution in [3.63, 3.8) is 0 Å². The molecule has 1 aromatic carbocycles. The van der Waals surface area contributed by atoms with E-state index in [1.54, 1.807) is 0 Å². The summed E-state index contributed by atoms with van der Waals surface area (Å²) in [6, 6.07) is 10.9. The van der Waals surface area contributed by atoms with Crippen molar-refractivity contribution in [3.05, 3.63) is 42.2 Å². The van der Waals surface area contributed by atoms with Gasteiger partial charge in [-0.15, -0.1) is 0 Å². The molecular weight excluding hydrogens is 296 g/mol. The summed E-state index contributed by atoms with van der Waals surface area (Å²) in [5.74, 6) is 0. The van der Waals surface area contributed by atoms with E-state index in [1.165, 1.54) is 34.6 Å². The molecule has 0 saturated heterocycles. The van der Waals surface area contributed by atoms with E-state index in [9.17, 15) is 0 Å². The van der Waals surface area contributed by atoms with Crippen molar-refractivity contribution in [2.24, 2.45) is 0 Å². The Morgan fingerprint density at radius 2 is 1.96 bits per heavy atom. The molecular formula is C20H28N4. The number of nitrogens with one attached hydrogen (secondary N) is 1. The van der Waals surface area contributed by atoms with Gasteiger partial charge in [0, 0.05) is 48.7 Å². The second kappa shape index (κ2) is 7.77. The third-order valence-corrected chi connectivity index (χ3v) is 4.52. The van der Waals surface area contributed by atoms with Gasteiger partial charge in [-0.3, -0.25) is 4.98 Å². The van der Waals surface area contributed by atoms with Gasteiger partial charge >= 0.3 is 0 Å². The van der Waals surface area contributed by atoms with E-state index >= 15 is 0 Å². The van der Waals surface area contributed by atoms with E-state index in [1.807, 2.05) is 6.20 Å². The van der Waals surface area contributed by atoms with Crippen LogP contribution in [0.25, 0.3) is 21.8 Å². The van der Waals surface area contributed by atoms with Gasteiger partial charge in [0.25, 0.3) is 0 Å². The van der Waals surface area contributed by atoms with Crippen LogP contribution in [0, 0.1) is 0 Å². The van der Waals surface area contributed by atoms with Crippen LogP contribution in [-0.2, 0) is 13.1 Å². The van der Waals surface area contributed by atoms with Crippen LogP contribution in [0.3, 0.4) is 0 Å². The molecule has 4 nitrogen and oxygen atoms in total. The van der Waals surface area contributed by atoms with Gasteiger partial charge in [-0.2, -0.15) is 0 Å². The average Bonchev–Trinajstić information content (AvgIpc) is 2.91. The van der Waals surface area contributed by atoms with Crippen LogP contribution < -0.4 is 5.32 Å². The van der Waals surface area contributed by atoms with E-state index < -0.39 is 0 Å². The molecule has 0 amide bonds. The first-order chi connectivity index (χ1) is 11.7. The first-order valence-electron chi connectivity index (χ1n) is 8.92. The predicted octanol–water partition coefficient (Wildman–Crippen LogP) is 3.64. The van der Waals surface area contributed by atoms with Gasteiger partial charge in [0.05, 0.1) is 11.2 Å². The van der Waals surface area contributed by atoms with E-state index in [2.05, 4.69) is 66.1 Å². The Kier molecular flexibility index (Phi) is 5.48. The van der Waals surface area contributed by atoms with Crippen LogP contribution >= 0.6 is 0 Å². The minimum Gasteiger partial charge on any atom is -0.339 e. The number of aryl methyl sites for hydroxylation is 1. The molecule has 0 aliphatic heterocycles. The standard InChI is InChI=1S/C20H28N4/c1-4-5-13-24-19-9-7-6-8-16(19)17-10-11-22-18(20(17)24)15-21-12-14-23(2)3/h6-11,21H,4-5,12-15H2,1-3H3. The quantitative estimate of drug-likeness (QED) is 0.642. The van der Waals surface area contributed by atoms with Gasteiger partial charge in [0.1, 0.15) is 0 Å². The maximum absolute atomic E-state index is 4.69. The number of para-hydroxylation sites is 1. The highest BCUT2D eigenvalue weighted by molar-refractivity contribution is 6.08. The average molecular weight is 324 g/mol. The zero-order valence-electron chi connectivity index (χ0n) is 15.0. The van der Waals surface area contributed by atoms with Gasteiger partial charge in [-0.05, 0) is 32.6 Å². The Morgan fingerprint density at radius 3 is 2.75 bits per heavy atom. The second-order valence-corrected chi connectivity index (χ2v) is 6.66. The third kappa shape index (κ3) is 3.45. The number of benzene rings is 1. The lowest BCUT2D eigenvalue weighted by molar-refractivity contribution is 0.399. The minimum atomic E-state index is 0.813. The molecule has 1 N–H and O–H groups in total. The molecule has 2 heterocycles. The Labute approximate surface area is 144 Å². The number of unbranched alkanes of at least 4 members (excludes halogenated alkanes) is 1. The van der Waals surface area contributed by atoms with Crippen molar-refractivity contribution in [3.8, 4) is 0 Å². The molecule has 0 unspecified atom stereocenters. The molecule has 0 aliphatic rings. The van der Waals surface area contributed by atoms with E-state index in [-0.39, 0.29) is 0 Å². The van der Waals surface area contributed by atoms with Crippen molar-refractivity contribution >= 4 is 21.8 Å². The highest BCUT2D eigenvalue weighted by atomic mass is 15.1. The fourth-order valence-corrected chi connectivity index (χ4v) is 3.26. The fourth-order valence-electron chi connectivity index (χ4n) is 3.26. The highest BCUT2D eigenvalue weighted by Gasteiger charge is 2.14. The molecule has 0 bridgehead atoms. The molecule has 3 rings (SSSR count). The Balaban J connectivity index is 2.00. The number of rotatable bonds is 8. The molecule has 3 aromatic rings. The van der Waals surface area contributed by atoms with Crippen LogP contribution in [0.15, 0.2) is 36.5 Å². The van der Waals surface area contributed by atoms with Gasteiger partial charge in [0.15, 0.2) is 0 Å². The van der Waals surface area contributed by atoms with Crippen LogP contribution in [0.2, 0.25) is 0 Å². The summed E-state index contributed by atoms with van der Waals surface area (Å²) in [5.41, 5.74) is 3.77. The summed E-state index contributed by atoms with van der Waals surface area (Å²) < 4.78 is 2.46. The van der Waals surface area contributed by atoms with Crippen LogP contribution in [0.4, 0.5) is 0 Å². The number of hydrogen-bond donors (Lipinski definition) is 1. The number of nitrogens with zero attached hydrogens (tertiary/aromatic N) is 3. The lowest BCUT2D eigenvalue weighted by atomic mass is 10.1. The van der Waals surface area contributed by atoms with Gasteiger partial charge in [0.2, 0.25) is 0 Å². The Morgan fingerprint density at radius 1 is 1.12 bits per heavy atom. The van der Waals surface area contributed by atoms with E-state index in [0.717, 1.165) is 31.9 Å². The molecule has 0 atom stereocenters. The number of pyridine rings is 1. The van der Waals surface area contributed by atoms with Crippen LogP contribution in [0.1, 0.15) is 25.5 Å². The zero-order chi connectivity index (χ0) is 16.9. The summed E-state index contributed by atoms with van der Waals surface area (Å²) in [6.07, 6.45) is 4.34. The molecule has 0 spiro atoms. The number of likely N-dealkylation sites (N-methyl/N-ethyl adjacent to an activating group) is 1. The van der Waals surface area contributed by atoms with Crippen molar-refractivity contribution in [1.82, 2.24) is 19.8 Å². The van der Waals surface area contributed by atoms with Crippen molar-refractivity contribution < 1.29 is 0 Å². The fraction of sp³-hybridized carbons (Fsp3) is 0.450. The van der Waals surface area contributed by atoms with Crippen molar-refractivity contribution in [2.45, 2.75) is 32.9 Å². The second-order valence-electron chi connectivity index (χ2n) is 6.66. The van der Waals surface area contributed by atoms with E-state index in [4.69, 9.17) is 4.98 Å². The van der Waals surface area contributed by atoms with Crippen molar-refractivity contribution in [1.29, 1.82) is 0 Å². The van der Waals surface area contributed by atoms with Gasteiger partial charge < -0.3 is 14.8 Å². The Bertz CT molecular complexity index is 804. The van der Waals surface area contributed by atoms with Crippen molar-refractivity contribution in [2.75, 3.05) is 27.2 Å². The number of hydrogen-bond acceptors (Lipinski definition) is 3. The lowest BCUT2D eigenvalue weighted by Gasteiger charge is -2.12. The van der Waals surface area contributed by atoms with E-state index in [0.29, 0.717) is 0 Å². The molecule has 0 saturated carbocycles. The monoisotopic (exact) mass is 324 g/mol. The summed E-state index contributed by atoms with van der Waals surface area (Å²) in [5, 5.41) is 6.19. The first-order valence-corrected chi connectivity index (χ1v) is 8.92. The Hall–Kier alpha value is -1.91. The molecule has 2 aromatic heterocycles. The lowest BCUT2D eigenvalue weighted by Crippen LogP contribution is -2.26. The summed E-state index contributed by atoms with van der Waals surface area (Å²) >= 11 is 0. The third-order valence-electron chi connectivity index (χ3n) is 4.52. The molecule has 24 heavy (non-hydrogen) atoms. The SMILES string of the molecule is CCCCn1c2ccccc2c2ccnc(CNCCN(C)C)c21. The van der Waals surface area contributed by atoms with Crippen LogP contribution in [0.5, 0.6) is 0 Å². The number of fused-ring (bicyclic) bond motifs is 3. The minimum absolute atomic E-state index is 0.813. The zero-order valence-corrected chi connectivity index (χ0v) is 15.0. The summed E-state index contributed by atoms with van der Waals surface area (Å²) in [4.78, 5) is 6.88. The smallest absolute Gasteiger partial charge is 0.0784 e. The molecule has 128 valence electrons. The molecule has 0 radical (unpaired) electrons. The molecule has 0 aliphatic carbocycles.